The molecule has 0 amide bonds. The summed E-state index contributed by atoms with van der Waals surface area (Å²) in [6.45, 7) is 0.597. The molecule has 0 fully saturated rings. The maximum Gasteiger partial charge on any atom is 0.182 e. The van der Waals surface area contributed by atoms with Crippen LogP contribution >= 0.6 is 0 Å². The molecular weight excluding hydrogens is 298 g/mol. The van der Waals surface area contributed by atoms with Crippen LogP contribution in [0.1, 0.15) is 32.7 Å². The van der Waals surface area contributed by atoms with Crippen molar-refractivity contribution in [3.8, 4) is 11.8 Å². The van der Waals surface area contributed by atoms with E-state index in [1.165, 1.54) is 0 Å². The lowest BCUT2D eigenvalue weighted by atomic mass is 9.73. The standard InChI is InChI=1S/C21H19NO2/c1-22(2)15-9-8-14-21(16-10-4-3-5-11-16)19(23)17-12-6-7-13-18(17)20(21)24/h3-7,10-13H,14-15H2,1-2H3. The van der Waals surface area contributed by atoms with Crippen LogP contribution < -0.4 is 0 Å². The number of carbonyl (C=O) groups excluding carboxylic acids is 2. The lowest BCUT2D eigenvalue weighted by Gasteiger charge is -2.24. The van der Waals surface area contributed by atoms with Crippen LogP contribution in [0.4, 0.5) is 0 Å². The van der Waals surface area contributed by atoms with Gasteiger partial charge in [-0.2, -0.15) is 0 Å². The van der Waals surface area contributed by atoms with E-state index in [0.717, 1.165) is 5.56 Å². The SMILES string of the molecule is CN(C)CC#CCC1(c2ccccc2)C(=O)c2ccccc2C1=O. The number of Topliss-reactive ketones (excluding diaryl/α,β-unsaturated/α-hetero) is 2. The summed E-state index contributed by atoms with van der Waals surface area (Å²) in [5, 5.41) is 0. The van der Waals surface area contributed by atoms with E-state index in [1.54, 1.807) is 24.3 Å². The summed E-state index contributed by atoms with van der Waals surface area (Å²) >= 11 is 0. The summed E-state index contributed by atoms with van der Waals surface area (Å²) < 4.78 is 0. The van der Waals surface area contributed by atoms with E-state index in [2.05, 4.69) is 11.8 Å². The molecule has 2 aromatic carbocycles. The third-order valence-electron chi connectivity index (χ3n) is 4.33. The molecule has 3 heteroatoms. The van der Waals surface area contributed by atoms with Crippen molar-refractivity contribution in [2.24, 2.45) is 0 Å². The Kier molecular flexibility index (Phi) is 4.33. The van der Waals surface area contributed by atoms with Crippen LogP contribution in [0.5, 0.6) is 0 Å². The van der Waals surface area contributed by atoms with Gasteiger partial charge in [-0.05, 0) is 19.7 Å². The highest BCUT2D eigenvalue weighted by Gasteiger charge is 2.53. The summed E-state index contributed by atoms with van der Waals surface area (Å²) in [7, 11) is 3.87. The van der Waals surface area contributed by atoms with Crippen LogP contribution in [-0.4, -0.2) is 37.1 Å². The highest BCUT2D eigenvalue weighted by molar-refractivity contribution is 6.33. The molecule has 2 aromatic rings. The molecular formula is C21H19NO2. The van der Waals surface area contributed by atoms with Gasteiger partial charge in [0.25, 0.3) is 0 Å². The first-order valence-electron chi connectivity index (χ1n) is 7.92. The maximum atomic E-state index is 13.2. The van der Waals surface area contributed by atoms with Gasteiger partial charge < -0.3 is 0 Å². The number of rotatable bonds is 3. The maximum absolute atomic E-state index is 13.2. The fourth-order valence-corrected chi connectivity index (χ4v) is 3.10. The van der Waals surface area contributed by atoms with Gasteiger partial charge in [-0.25, -0.2) is 0 Å². The van der Waals surface area contributed by atoms with Crippen molar-refractivity contribution in [1.82, 2.24) is 4.90 Å². The van der Waals surface area contributed by atoms with Crippen molar-refractivity contribution in [3.05, 3.63) is 71.3 Å². The molecule has 3 nitrogen and oxygen atoms in total. The highest BCUT2D eigenvalue weighted by atomic mass is 16.2. The molecule has 0 aromatic heterocycles. The molecule has 0 N–H and O–H groups in total. The minimum absolute atomic E-state index is 0.145. The van der Waals surface area contributed by atoms with Gasteiger partial charge >= 0.3 is 0 Å². The van der Waals surface area contributed by atoms with Crippen molar-refractivity contribution in [2.75, 3.05) is 20.6 Å². The first-order chi connectivity index (χ1) is 11.6. The van der Waals surface area contributed by atoms with Crippen LogP contribution in [-0.2, 0) is 5.41 Å². The average molecular weight is 317 g/mol. The van der Waals surface area contributed by atoms with Gasteiger partial charge in [-0.3, -0.25) is 14.5 Å². The van der Waals surface area contributed by atoms with Crippen LogP contribution in [0, 0.1) is 11.8 Å². The van der Waals surface area contributed by atoms with Crippen LogP contribution in [0.3, 0.4) is 0 Å². The Morgan fingerprint density at radius 3 is 1.92 bits per heavy atom. The lowest BCUT2D eigenvalue weighted by molar-refractivity contribution is 0.0798. The molecule has 0 unspecified atom stereocenters. The van der Waals surface area contributed by atoms with Crippen molar-refractivity contribution < 1.29 is 9.59 Å². The van der Waals surface area contributed by atoms with Gasteiger partial charge in [0.1, 0.15) is 5.41 Å². The van der Waals surface area contributed by atoms with Crippen LogP contribution in [0.25, 0.3) is 0 Å². The van der Waals surface area contributed by atoms with Gasteiger partial charge in [-0.1, -0.05) is 60.5 Å². The number of benzene rings is 2. The zero-order chi connectivity index (χ0) is 17.2. The van der Waals surface area contributed by atoms with Crippen LogP contribution in [0.15, 0.2) is 54.6 Å². The Labute approximate surface area is 142 Å². The van der Waals surface area contributed by atoms with E-state index in [0.29, 0.717) is 17.7 Å². The second-order valence-electron chi connectivity index (χ2n) is 6.24. The molecule has 120 valence electrons. The monoisotopic (exact) mass is 317 g/mol. The lowest BCUT2D eigenvalue weighted by Crippen LogP contribution is -2.38. The Hall–Kier alpha value is -2.70. The molecule has 0 aliphatic heterocycles. The molecule has 3 rings (SSSR count). The molecule has 1 aliphatic rings. The minimum Gasteiger partial charge on any atom is -0.299 e. The van der Waals surface area contributed by atoms with Crippen molar-refractivity contribution in [2.45, 2.75) is 11.8 Å². The summed E-state index contributed by atoms with van der Waals surface area (Å²) in [4.78, 5) is 28.3. The van der Waals surface area contributed by atoms with E-state index in [1.807, 2.05) is 49.3 Å². The van der Waals surface area contributed by atoms with Gasteiger partial charge in [0.15, 0.2) is 11.6 Å². The zero-order valence-electron chi connectivity index (χ0n) is 13.9. The van der Waals surface area contributed by atoms with Crippen molar-refractivity contribution in [1.29, 1.82) is 0 Å². The third kappa shape index (κ3) is 2.55. The van der Waals surface area contributed by atoms with Gasteiger partial charge in [0.05, 0.1) is 6.54 Å². The number of hydrogen-bond acceptors (Lipinski definition) is 3. The predicted octanol–water partition coefficient (Wildman–Crippen LogP) is 2.96. The number of ketones is 2. The Bertz CT molecular complexity index is 806. The minimum atomic E-state index is -1.22. The summed E-state index contributed by atoms with van der Waals surface area (Å²) in [5.41, 5.74) is 0.501. The Morgan fingerprint density at radius 1 is 0.833 bits per heavy atom. The van der Waals surface area contributed by atoms with Crippen molar-refractivity contribution >= 4 is 11.6 Å². The fourth-order valence-electron chi connectivity index (χ4n) is 3.10. The average Bonchev–Trinajstić information content (AvgIpc) is 2.82. The van der Waals surface area contributed by atoms with Gasteiger partial charge in [-0.15, -0.1) is 5.92 Å². The molecule has 0 saturated heterocycles. The number of nitrogens with zero attached hydrogens (tertiary/aromatic N) is 1. The molecule has 0 spiro atoms. The third-order valence-corrected chi connectivity index (χ3v) is 4.33. The summed E-state index contributed by atoms with van der Waals surface area (Å²) in [5.74, 6) is 5.82. The molecule has 0 radical (unpaired) electrons. The second-order valence-corrected chi connectivity index (χ2v) is 6.24. The normalized spacial score (nSPS) is 15.1. The number of hydrogen-bond donors (Lipinski definition) is 0. The fraction of sp³-hybridized carbons (Fsp3) is 0.238. The molecule has 0 atom stereocenters. The molecule has 0 saturated carbocycles. The Morgan fingerprint density at radius 2 is 1.38 bits per heavy atom. The van der Waals surface area contributed by atoms with Crippen LogP contribution in [0.2, 0.25) is 0 Å². The Balaban J connectivity index is 2.09. The van der Waals surface area contributed by atoms with Gasteiger partial charge in [0, 0.05) is 17.5 Å². The molecule has 24 heavy (non-hydrogen) atoms. The van der Waals surface area contributed by atoms with Crippen molar-refractivity contribution in [3.63, 3.8) is 0 Å². The number of fused-ring (bicyclic) bond motifs is 1. The largest absolute Gasteiger partial charge is 0.299 e. The quantitative estimate of drug-likeness (QED) is 0.645. The molecule has 1 aliphatic carbocycles. The highest BCUT2D eigenvalue weighted by Crippen LogP contribution is 2.41. The van der Waals surface area contributed by atoms with E-state index in [9.17, 15) is 9.59 Å². The predicted molar refractivity (Wildman–Crippen MR) is 94.2 cm³/mol. The van der Waals surface area contributed by atoms with Gasteiger partial charge in [0.2, 0.25) is 0 Å². The smallest absolute Gasteiger partial charge is 0.182 e. The van der Waals surface area contributed by atoms with E-state index in [4.69, 9.17) is 0 Å². The topological polar surface area (TPSA) is 37.4 Å². The second kappa shape index (κ2) is 6.43. The number of carbonyl (C=O) groups is 2. The summed E-state index contributed by atoms with van der Waals surface area (Å²) in [6.07, 6.45) is 0.206. The van der Waals surface area contributed by atoms with E-state index in [-0.39, 0.29) is 18.0 Å². The summed E-state index contributed by atoms with van der Waals surface area (Å²) in [6, 6.07) is 16.3. The molecule has 0 heterocycles. The van der Waals surface area contributed by atoms with E-state index >= 15 is 0 Å². The molecule has 0 bridgehead atoms. The van der Waals surface area contributed by atoms with E-state index < -0.39 is 5.41 Å². The first-order valence-corrected chi connectivity index (χ1v) is 7.92. The first kappa shape index (κ1) is 16.2. The zero-order valence-corrected chi connectivity index (χ0v) is 13.9.